The highest BCUT2D eigenvalue weighted by molar-refractivity contribution is 6.28. The molecular formula is C13H20OSi. The van der Waals surface area contributed by atoms with Crippen molar-refractivity contribution >= 4 is 9.76 Å². The lowest BCUT2D eigenvalue weighted by molar-refractivity contribution is 0.575. The van der Waals surface area contributed by atoms with Crippen molar-refractivity contribution in [2.45, 2.75) is 45.1 Å². The SMILES string of the molecule is CCCCc1ccccc1C(CC)[Si]O. The van der Waals surface area contributed by atoms with E-state index < -0.39 is 0 Å². The molecule has 1 unspecified atom stereocenters. The van der Waals surface area contributed by atoms with Gasteiger partial charge in [-0.3, -0.25) is 0 Å². The topological polar surface area (TPSA) is 20.2 Å². The Bertz CT molecular complexity index is 282. The van der Waals surface area contributed by atoms with Gasteiger partial charge in [0.15, 0.2) is 0 Å². The van der Waals surface area contributed by atoms with Crippen molar-refractivity contribution in [3.05, 3.63) is 35.4 Å². The first kappa shape index (κ1) is 12.5. The van der Waals surface area contributed by atoms with Crippen LogP contribution in [0.15, 0.2) is 24.3 Å². The molecule has 0 saturated carbocycles. The summed E-state index contributed by atoms with van der Waals surface area (Å²) in [5.74, 6) is 0. The highest BCUT2D eigenvalue weighted by atomic mass is 28.2. The van der Waals surface area contributed by atoms with Crippen LogP contribution in [0.3, 0.4) is 0 Å². The molecule has 82 valence electrons. The van der Waals surface area contributed by atoms with E-state index in [2.05, 4.69) is 38.1 Å². The van der Waals surface area contributed by atoms with E-state index in [0.29, 0.717) is 5.54 Å². The fraction of sp³-hybridized carbons (Fsp3) is 0.538. The smallest absolute Gasteiger partial charge is 0.232 e. The number of aryl methyl sites for hydroxylation is 1. The van der Waals surface area contributed by atoms with Crippen molar-refractivity contribution in [3.8, 4) is 0 Å². The molecule has 0 bridgehead atoms. The quantitative estimate of drug-likeness (QED) is 0.730. The van der Waals surface area contributed by atoms with Crippen LogP contribution in [0.25, 0.3) is 0 Å². The monoisotopic (exact) mass is 220 g/mol. The molecule has 0 aromatic heterocycles. The van der Waals surface area contributed by atoms with Gasteiger partial charge >= 0.3 is 0 Å². The fourth-order valence-electron chi connectivity index (χ4n) is 1.85. The highest BCUT2D eigenvalue weighted by Gasteiger charge is 2.12. The first-order valence-corrected chi connectivity index (χ1v) is 6.83. The molecule has 1 aromatic carbocycles. The first-order valence-electron chi connectivity index (χ1n) is 5.80. The third-order valence-corrected chi connectivity index (χ3v) is 3.83. The molecule has 2 radical (unpaired) electrons. The van der Waals surface area contributed by atoms with Crippen LogP contribution in [0.5, 0.6) is 0 Å². The van der Waals surface area contributed by atoms with Gasteiger partial charge in [0.05, 0.1) is 0 Å². The maximum absolute atomic E-state index is 9.36. The Morgan fingerprint density at radius 1 is 1.27 bits per heavy atom. The molecule has 0 aliphatic carbocycles. The summed E-state index contributed by atoms with van der Waals surface area (Å²) in [5.41, 5.74) is 3.13. The van der Waals surface area contributed by atoms with Gasteiger partial charge in [0.2, 0.25) is 9.76 Å². The lowest BCUT2D eigenvalue weighted by Crippen LogP contribution is -2.09. The highest BCUT2D eigenvalue weighted by Crippen LogP contribution is 2.23. The summed E-state index contributed by atoms with van der Waals surface area (Å²) in [6.45, 7) is 4.36. The predicted octanol–water partition coefficient (Wildman–Crippen LogP) is 3.09. The minimum Gasteiger partial charge on any atom is -0.431 e. The van der Waals surface area contributed by atoms with E-state index in [4.69, 9.17) is 0 Å². The van der Waals surface area contributed by atoms with Crippen molar-refractivity contribution < 1.29 is 4.80 Å². The van der Waals surface area contributed by atoms with Crippen LogP contribution in [0.2, 0.25) is 0 Å². The van der Waals surface area contributed by atoms with Gasteiger partial charge in [0.1, 0.15) is 0 Å². The van der Waals surface area contributed by atoms with Crippen LogP contribution in [-0.2, 0) is 6.42 Å². The summed E-state index contributed by atoms with van der Waals surface area (Å²) in [6.07, 6.45) is 4.64. The number of hydrogen-bond acceptors (Lipinski definition) is 1. The standard InChI is InChI=1S/C13H20OSi/c1-3-5-8-11-9-6-7-10-12(11)13(4-2)15-14/h6-7,9-10,13-14H,3-5,8H2,1-2H3. The molecule has 1 atom stereocenters. The second kappa shape index (κ2) is 6.80. The van der Waals surface area contributed by atoms with Crippen LogP contribution in [0.4, 0.5) is 0 Å². The Balaban J connectivity index is 2.84. The van der Waals surface area contributed by atoms with E-state index in [1.165, 1.54) is 24.0 Å². The molecule has 1 rings (SSSR count). The third-order valence-electron chi connectivity index (χ3n) is 2.79. The lowest BCUT2D eigenvalue weighted by atomic mass is 9.98. The molecule has 0 heterocycles. The van der Waals surface area contributed by atoms with Crippen LogP contribution < -0.4 is 0 Å². The zero-order valence-corrected chi connectivity index (χ0v) is 10.7. The minimum atomic E-state index is 0.0278. The summed E-state index contributed by atoms with van der Waals surface area (Å²) < 4.78 is 0. The van der Waals surface area contributed by atoms with Crippen LogP contribution >= 0.6 is 0 Å². The fourth-order valence-corrected chi connectivity index (χ4v) is 2.45. The van der Waals surface area contributed by atoms with E-state index in [1.807, 2.05) is 0 Å². The number of unbranched alkanes of at least 4 members (excludes halogenated alkanes) is 1. The van der Waals surface area contributed by atoms with Gasteiger partial charge in [-0.05, 0) is 30.4 Å². The Labute approximate surface area is 95.5 Å². The largest absolute Gasteiger partial charge is 0.431 e. The minimum absolute atomic E-state index is 0.0278. The van der Waals surface area contributed by atoms with Gasteiger partial charge in [0, 0.05) is 5.54 Å². The van der Waals surface area contributed by atoms with Crippen molar-refractivity contribution in [3.63, 3.8) is 0 Å². The molecule has 2 heteroatoms. The normalized spacial score (nSPS) is 12.7. The molecular weight excluding hydrogens is 200 g/mol. The van der Waals surface area contributed by atoms with Crippen molar-refractivity contribution in [2.75, 3.05) is 0 Å². The van der Waals surface area contributed by atoms with E-state index in [0.717, 1.165) is 12.8 Å². The van der Waals surface area contributed by atoms with E-state index >= 15 is 0 Å². The Kier molecular flexibility index (Phi) is 5.65. The average molecular weight is 220 g/mol. The summed E-state index contributed by atoms with van der Waals surface area (Å²) in [4.78, 5) is 9.36. The molecule has 0 aliphatic heterocycles. The molecule has 0 spiro atoms. The van der Waals surface area contributed by atoms with Crippen LogP contribution in [-0.4, -0.2) is 14.6 Å². The Morgan fingerprint density at radius 2 is 2.00 bits per heavy atom. The van der Waals surface area contributed by atoms with Crippen LogP contribution in [0, 0.1) is 0 Å². The van der Waals surface area contributed by atoms with E-state index in [1.54, 1.807) is 0 Å². The zero-order chi connectivity index (χ0) is 11.1. The number of hydrogen-bond donors (Lipinski definition) is 1. The van der Waals surface area contributed by atoms with Crippen LogP contribution in [0.1, 0.15) is 49.8 Å². The third kappa shape index (κ3) is 3.47. The summed E-state index contributed by atoms with van der Waals surface area (Å²) in [5, 5.41) is 0. The molecule has 1 aromatic rings. The molecule has 0 fully saturated rings. The van der Waals surface area contributed by atoms with Gasteiger partial charge < -0.3 is 4.80 Å². The van der Waals surface area contributed by atoms with Gasteiger partial charge in [0.25, 0.3) is 0 Å². The van der Waals surface area contributed by atoms with Crippen molar-refractivity contribution in [1.29, 1.82) is 0 Å². The van der Waals surface area contributed by atoms with Gasteiger partial charge in [-0.1, -0.05) is 44.5 Å². The number of benzene rings is 1. The van der Waals surface area contributed by atoms with E-state index in [9.17, 15) is 4.80 Å². The molecule has 0 aliphatic rings. The summed E-state index contributed by atoms with van der Waals surface area (Å²) in [6, 6.07) is 8.55. The summed E-state index contributed by atoms with van der Waals surface area (Å²) >= 11 is 0. The van der Waals surface area contributed by atoms with Gasteiger partial charge in [-0.25, -0.2) is 0 Å². The zero-order valence-electron chi connectivity index (χ0n) is 9.66. The van der Waals surface area contributed by atoms with Crippen molar-refractivity contribution in [2.24, 2.45) is 0 Å². The average Bonchev–Trinajstić information content (AvgIpc) is 2.29. The Hall–Kier alpha value is -0.603. The lowest BCUT2D eigenvalue weighted by Gasteiger charge is -2.15. The summed E-state index contributed by atoms with van der Waals surface area (Å²) in [7, 11) is 0.0278. The predicted molar refractivity (Wildman–Crippen MR) is 66.1 cm³/mol. The number of rotatable bonds is 6. The second-order valence-electron chi connectivity index (χ2n) is 3.89. The molecule has 15 heavy (non-hydrogen) atoms. The van der Waals surface area contributed by atoms with Gasteiger partial charge in [-0.15, -0.1) is 0 Å². The first-order chi connectivity index (χ1) is 7.33. The maximum Gasteiger partial charge on any atom is 0.232 e. The molecule has 1 nitrogen and oxygen atoms in total. The molecule has 0 saturated heterocycles. The molecule has 0 amide bonds. The second-order valence-corrected chi connectivity index (χ2v) is 4.85. The van der Waals surface area contributed by atoms with E-state index in [-0.39, 0.29) is 9.76 Å². The Morgan fingerprint density at radius 3 is 2.60 bits per heavy atom. The maximum atomic E-state index is 9.36. The molecule has 1 N–H and O–H groups in total. The van der Waals surface area contributed by atoms with Gasteiger partial charge in [-0.2, -0.15) is 0 Å². The van der Waals surface area contributed by atoms with Crippen molar-refractivity contribution in [1.82, 2.24) is 0 Å².